The molecule has 9 heteroatoms. The number of thioether (sulfide) groups is 1. The summed E-state index contributed by atoms with van der Waals surface area (Å²) in [5.41, 5.74) is 0.543. The maximum Gasteiger partial charge on any atom is 0.258 e. The van der Waals surface area contributed by atoms with Crippen molar-refractivity contribution < 1.29 is 4.79 Å². The van der Waals surface area contributed by atoms with Gasteiger partial charge < -0.3 is 14.5 Å². The molecule has 1 aliphatic rings. The Morgan fingerprint density at radius 1 is 1.17 bits per heavy atom. The number of benzene rings is 1. The average molecular weight is 427 g/mol. The summed E-state index contributed by atoms with van der Waals surface area (Å²) in [5, 5.41) is 9.97. The van der Waals surface area contributed by atoms with E-state index in [1.165, 1.54) is 11.8 Å². The van der Waals surface area contributed by atoms with E-state index in [1.807, 2.05) is 41.5 Å². The van der Waals surface area contributed by atoms with E-state index in [0.717, 1.165) is 36.8 Å². The highest BCUT2D eigenvalue weighted by atomic mass is 32.2. The number of amides is 1. The zero-order valence-electron chi connectivity index (χ0n) is 17.3. The molecule has 0 radical (unpaired) electrons. The Morgan fingerprint density at radius 2 is 2.00 bits per heavy atom. The van der Waals surface area contributed by atoms with Crippen molar-refractivity contribution in [1.29, 1.82) is 0 Å². The summed E-state index contributed by atoms with van der Waals surface area (Å²) in [6, 6.07) is 7.32. The summed E-state index contributed by atoms with van der Waals surface area (Å²) in [6.07, 6.45) is 3.70. The number of rotatable bonds is 6. The van der Waals surface area contributed by atoms with Crippen molar-refractivity contribution in [2.24, 2.45) is 0 Å². The first-order valence-corrected chi connectivity index (χ1v) is 11.3. The van der Waals surface area contributed by atoms with Crippen molar-refractivity contribution in [3.05, 3.63) is 46.3 Å². The van der Waals surface area contributed by atoms with Crippen molar-refractivity contribution in [3.8, 4) is 0 Å². The van der Waals surface area contributed by atoms with Crippen molar-refractivity contribution in [2.75, 3.05) is 6.54 Å². The normalized spacial score (nSPS) is 16.1. The highest BCUT2D eigenvalue weighted by molar-refractivity contribution is 7.99. The van der Waals surface area contributed by atoms with Gasteiger partial charge in [0.15, 0.2) is 11.0 Å². The van der Waals surface area contributed by atoms with Crippen LogP contribution in [0.2, 0.25) is 0 Å². The molecule has 1 aliphatic heterocycles. The molecule has 0 aliphatic carbocycles. The number of nitrogens with one attached hydrogen (secondary N) is 1. The second-order valence-corrected chi connectivity index (χ2v) is 8.81. The van der Waals surface area contributed by atoms with Gasteiger partial charge in [-0.3, -0.25) is 9.59 Å². The molecule has 0 unspecified atom stereocenters. The number of para-hydroxylation sites is 1. The van der Waals surface area contributed by atoms with E-state index in [1.54, 1.807) is 6.07 Å². The molecule has 3 heterocycles. The van der Waals surface area contributed by atoms with Crippen LogP contribution in [0.5, 0.6) is 0 Å². The van der Waals surface area contributed by atoms with Gasteiger partial charge in [0.1, 0.15) is 5.82 Å². The Labute approximate surface area is 179 Å². The van der Waals surface area contributed by atoms with Crippen LogP contribution in [0.4, 0.5) is 0 Å². The van der Waals surface area contributed by atoms with Crippen molar-refractivity contribution >= 4 is 28.6 Å². The maximum atomic E-state index is 12.4. The molecule has 158 valence electrons. The topological polar surface area (TPSA) is 96.8 Å². The zero-order chi connectivity index (χ0) is 21.1. The number of H-pyrrole nitrogens is 1. The predicted octanol–water partition coefficient (Wildman–Crippen LogP) is 3.29. The van der Waals surface area contributed by atoms with Crippen LogP contribution in [0.15, 0.2) is 34.2 Å². The lowest BCUT2D eigenvalue weighted by Gasteiger charge is -2.20. The summed E-state index contributed by atoms with van der Waals surface area (Å²) < 4.78 is 2.04. The van der Waals surface area contributed by atoms with Gasteiger partial charge in [-0.15, -0.1) is 10.2 Å². The minimum absolute atomic E-state index is 0.107. The summed E-state index contributed by atoms with van der Waals surface area (Å²) >= 11 is 1.51. The Bertz CT molecular complexity index is 1110. The molecule has 2 aromatic heterocycles. The number of aromatic amines is 1. The number of carbonyl (C=O) groups is 1. The second-order valence-electron chi connectivity index (χ2n) is 7.50. The summed E-state index contributed by atoms with van der Waals surface area (Å²) in [5.74, 6) is 1.60. The number of nitrogens with zero attached hydrogens (tertiary/aromatic N) is 5. The number of hydrogen-bond acceptors (Lipinski definition) is 6. The van der Waals surface area contributed by atoms with Crippen LogP contribution in [0, 0.1) is 0 Å². The lowest BCUT2D eigenvalue weighted by Crippen LogP contribution is -2.31. The number of aromatic nitrogens is 5. The Kier molecular flexibility index (Phi) is 6.17. The van der Waals surface area contributed by atoms with Gasteiger partial charge in [0.05, 0.1) is 22.7 Å². The van der Waals surface area contributed by atoms with Gasteiger partial charge >= 0.3 is 0 Å². The molecule has 0 spiro atoms. The Balaban J connectivity index is 1.55. The molecule has 1 saturated heterocycles. The molecule has 1 N–H and O–H groups in total. The van der Waals surface area contributed by atoms with Crippen LogP contribution < -0.4 is 5.56 Å². The lowest BCUT2D eigenvalue weighted by atomic mass is 10.2. The third-order valence-electron chi connectivity index (χ3n) is 5.41. The van der Waals surface area contributed by atoms with Crippen LogP contribution in [-0.4, -0.2) is 42.1 Å². The van der Waals surface area contributed by atoms with Crippen LogP contribution in [0.3, 0.4) is 0 Å². The first kappa shape index (κ1) is 20.6. The van der Waals surface area contributed by atoms with Crippen LogP contribution in [0.25, 0.3) is 10.9 Å². The molecule has 8 nitrogen and oxygen atoms in total. The fourth-order valence-corrected chi connectivity index (χ4v) is 4.72. The highest BCUT2D eigenvalue weighted by Gasteiger charge is 2.22. The SMILES string of the molecule is CCn1c(CN2CCCCCC2=O)nnc1S[C@H](C)c1nc2ccccc2c(=O)[nH]1. The van der Waals surface area contributed by atoms with E-state index < -0.39 is 0 Å². The van der Waals surface area contributed by atoms with E-state index >= 15 is 0 Å². The van der Waals surface area contributed by atoms with E-state index in [2.05, 4.69) is 20.2 Å². The molecule has 1 amide bonds. The highest BCUT2D eigenvalue weighted by Crippen LogP contribution is 2.32. The van der Waals surface area contributed by atoms with Crippen molar-refractivity contribution in [1.82, 2.24) is 29.6 Å². The zero-order valence-corrected chi connectivity index (χ0v) is 18.1. The Hall–Kier alpha value is -2.68. The smallest absolute Gasteiger partial charge is 0.258 e. The number of likely N-dealkylation sites (tertiary alicyclic amines) is 1. The molecule has 30 heavy (non-hydrogen) atoms. The maximum absolute atomic E-state index is 12.4. The van der Waals surface area contributed by atoms with E-state index in [-0.39, 0.29) is 16.7 Å². The van der Waals surface area contributed by atoms with Crippen LogP contribution in [0.1, 0.15) is 56.4 Å². The standard InChI is InChI=1S/C21H26N6O2S/c1-3-27-17(13-26-12-8-4-5-11-18(26)28)24-25-21(27)30-14(2)19-22-16-10-7-6-9-15(16)20(29)23-19/h6-7,9-10,14H,3-5,8,11-13H2,1-2H3,(H,22,23,29)/t14-/m1/s1. The van der Waals surface area contributed by atoms with Gasteiger partial charge in [0.25, 0.3) is 5.56 Å². The van der Waals surface area contributed by atoms with Gasteiger partial charge in [-0.25, -0.2) is 4.98 Å². The van der Waals surface area contributed by atoms with Gasteiger partial charge in [-0.2, -0.15) is 0 Å². The quantitative estimate of drug-likeness (QED) is 0.608. The fraction of sp³-hybridized carbons (Fsp3) is 0.476. The molecular formula is C21H26N6O2S. The van der Waals surface area contributed by atoms with E-state index in [0.29, 0.717) is 36.2 Å². The summed E-state index contributed by atoms with van der Waals surface area (Å²) in [7, 11) is 0. The first-order valence-electron chi connectivity index (χ1n) is 10.4. The largest absolute Gasteiger partial charge is 0.335 e. The van der Waals surface area contributed by atoms with Crippen LogP contribution in [-0.2, 0) is 17.9 Å². The van der Waals surface area contributed by atoms with Gasteiger partial charge in [0, 0.05) is 19.5 Å². The molecule has 1 aromatic carbocycles. The molecule has 0 bridgehead atoms. The molecule has 3 aromatic rings. The molecule has 0 saturated carbocycles. The average Bonchev–Trinajstić information content (AvgIpc) is 3.01. The molecular weight excluding hydrogens is 400 g/mol. The van der Waals surface area contributed by atoms with Gasteiger partial charge in [-0.1, -0.05) is 30.3 Å². The minimum Gasteiger partial charge on any atom is -0.335 e. The minimum atomic E-state index is -0.139. The third kappa shape index (κ3) is 4.26. The fourth-order valence-electron chi connectivity index (χ4n) is 3.73. The van der Waals surface area contributed by atoms with E-state index in [9.17, 15) is 9.59 Å². The van der Waals surface area contributed by atoms with Gasteiger partial charge in [-0.05, 0) is 38.8 Å². The predicted molar refractivity (Wildman–Crippen MR) is 116 cm³/mol. The molecule has 4 rings (SSSR count). The van der Waals surface area contributed by atoms with Gasteiger partial charge in [0.2, 0.25) is 5.91 Å². The third-order valence-corrected chi connectivity index (χ3v) is 6.50. The molecule has 1 fully saturated rings. The summed E-state index contributed by atoms with van der Waals surface area (Å²) in [6.45, 7) is 6.00. The number of hydrogen-bond donors (Lipinski definition) is 1. The number of carbonyl (C=O) groups excluding carboxylic acids is 1. The Morgan fingerprint density at radius 3 is 2.83 bits per heavy atom. The molecule has 1 atom stereocenters. The monoisotopic (exact) mass is 426 g/mol. The van der Waals surface area contributed by atoms with E-state index in [4.69, 9.17) is 0 Å². The van der Waals surface area contributed by atoms with Crippen molar-refractivity contribution in [2.45, 2.75) is 63.0 Å². The number of fused-ring (bicyclic) bond motifs is 1. The first-order chi connectivity index (χ1) is 14.6. The second kappa shape index (κ2) is 8.99. The van der Waals surface area contributed by atoms with Crippen molar-refractivity contribution in [3.63, 3.8) is 0 Å². The lowest BCUT2D eigenvalue weighted by molar-refractivity contribution is -0.131. The van der Waals surface area contributed by atoms with Crippen LogP contribution >= 0.6 is 11.8 Å². The summed E-state index contributed by atoms with van der Waals surface area (Å²) in [4.78, 5) is 34.1.